The predicted molar refractivity (Wildman–Crippen MR) is 104 cm³/mol. The minimum absolute atomic E-state index is 0.0117. The van der Waals surface area contributed by atoms with Crippen LogP contribution in [0.3, 0.4) is 0 Å². The Morgan fingerprint density at radius 3 is 2.50 bits per heavy atom. The van der Waals surface area contributed by atoms with Crippen molar-refractivity contribution in [1.82, 2.24) is 10.2 Å². The first-order valence-corrected chi connectivity index (χ1v) is 10.4. The fraction of sp³-hybridized carbons (Fsp3) is 0.636. The standard InChI is InChI=1S/C22H32N2O2/c25-21-10-5-2-6-16-24(21)17-7-15-23-22(26)20-13-11-19(12-14-20)18-8-3-1-4-9-18/h11-14,18H,1-10,15-17H2,(H,23,26). The molecule has 0 radical (unpaired) electrons. The Labute approximate surface area is 157 Å². The molecule has 0 bridgehead atoms. The Morgan fingerprint density at radius 1 is 1.00 bits per heavy atom. The Kier molecular flexibility index (Phi) is 7.10. The Balaban J connectivity index is 1.41. The van der Waals surface area contributed by atoms with E-state index in [1.54, 1.807) is 0 Å². The highest BCUT2D eigenvalue weighted by atomic mass is 16.2. The lowest BCUT2D eigenvalue weighted by molar-refractivity contribution is -0.130. The van der Waals surface area contributed by atoms with Crippen molar-refractivity contribution in [1.29, 1.82) is 0 Å². The van der Waals surface area contributed by atoms with Gasteiger partial charge in [0.15, 0.2) is 0 Å². The van der Waals surface area contributed by atoms with Crippen molar-refractivity contribution in [2.24, 2.45) is 0 Å². The first kappa shape index (κ1) is 18.9. The van der Waals surface area contributed by atoms with Crippen molar-refractivity contribution < 1.29 is 9.59 Å². The zero-order chi connectivity index (χ0) is 18.2. The number of likely N-dealkylation sites (tertiary alicyclic amines) is 1. The molecule has 1 aliphatic carbocycles. The molecule has 2 aliphatic rings. The van der Waals surface area contributed by atoms with Crippen molar-refractivity contribution >= 4 is 11.8 Å². The van der Waals surface area contributed by atoms with Gasteiger partial charge in [0.05, 0.1) is 0 Å². The molecule has 1 saturated heterocycles. The molecule has 0 atom stereocenters. The molecule has 1 aromatic carbocycles. The fourth-order valence-electron chi connectivity index (χ4n) is 4.19. The predicted octanol–water partition coefficient (Wildman–Crippen LogP) is 4.26. The van der Waals surface area contributed by atoms with E-state index in [0.717, 1.165) is 44.3 Å². The first-order chi connectivity index (χ1) is 12.7. The van der Waals surface area contributed by atoms with E-state index in [-0.39, 0.29) is 11.8 Å². The fourth-order valence-corrected chi connectivity index (χ4v) is 4.19. The Morgan fingerprint density at radius 2 is 1.73 bits per heavy atom. The minimum Gasteiger partial charge on any atom is -0.352 e. The smallest absolute Gasteiger partial charge is 0.251 e. The van der Waals surface area contributed by atoms with Gasteiger partial charge in [-0.2, -0.15) is 0 Å². The van der Waals surface area contributed by atoms with Crippen LogP contribution in [0, 0.1) is 0 Å². The largest absolute Gasteiger partial charge is 0.352 e. The van der Waals surface area contributed by atoms with Gasteiger partial charge < -0.3 is 10.2 Å². The summed E-state index contributed by atoms with van der Waals surface area (Å²) in [5.74, 6) is 0.932. The monoisotopic (exact) mass is 356 g/mol. The summed E-state index contributed by atoms with van der Waals surface area (Å²) in [5.41, 5.74) is 2.11. The molecular formula is C22H32N2O2. The van der Waals surface area contributed by atoms with Crippen LogP contribution >= 0.6 is 0 Å². The van der Waals surface area contributed by atoms with E-state index in [9.17, 15) is 9.59 Å². The minimum atomic E-state index is -0.0117. The van der Waals surface area contributed by atoms with Gasteiger partial charge >= 0.3 is 0 Å². The maximum Gasteiger partial charge on any atom is 0.251 e. The molecule has 1 saturated carbocycles. The van der Waals surface area contributed by atoms with E-state index in [4.69, 9.17) is 0 Å². The molecule has 1 aromatic rings. The van der Waals surface area contributed by atoms with Crippen molar-refractivity contribution in [3.63, 3.8) is 0 Å². The van der Waals surface area contributed by atoms with Crippen LogP contribution in [0.25, 0.3) is 0 Å². The van der Waals surface area contributed by atoms with Crippen molar-refractivity contribution in [3.8, 4) is 0 Å². The molecule has 3 rings (SSSR count). The van der Waals surface area contributed by atoms with Crippen molar-refractivity contribution in [3.05, 3.63) is 35.4 Å². The summed E-state index contributed by atoms with van der Waals surface area (Å²) in [6.07, 6.45) is 11.3. The van der Waals surface area contributed by atoms with Crippen LogP contribution in [0.4, 0.5) is 0 Å². The number of amides is 2. The second kappa shape index (κ2) is 9.75. The second-order valence-electron chi connectivity index (χ2n) is 7.76. The summed E-state index contributed by atoms with van der Waals surface area (Å²) < 4.78 is 0. The summed E-state index contributed by atoms with van der Waals surface area (Å²) in [6, 6.07) is 8.16. The summed E-state index contributed by atoms with van der Waals surface area (Å²) >= 11 is 0. The summed E-state index contributed by atoms with van der Waals surface area (Å²) in [4.78, 5) is 26.2. The van der Waals surface area contributed by atoms with Crippen LogP contribution in [0.2, 0.25) is 0 Å². The number of carbonyl (C=O) groups is 2. The zero-order valence-corrected chi connectivity index (χ0v) is 15.8. The normalized spacial score (nSPS) is 19.2. The molecule has 4 heteroatoms. The van der Waals surface area contributed by atoms with Crippen LogP contribution in [-0.4, -0.2) is 36.3 Å². The average molecular weight is 357 g/mol. The molecule has 0 spiro atoms. The van der Waals surface area contributed by atoms with E-state index in [1.807, 2.05) is 17.0 Å². The molecule has 0 unspecified atom stereocenters. The van der Waals surface area contributed by atoms with Crippen LogP contribution < -0.4 is 5.32 Å². The Hall–Kier alpha value is -1.84. The molecule has 2 fully saturated rings. The van der Waals surface area contributed by atoms with Gasteiger partial charge in [-0.3, -0.25) is 9.59 Å². The van der Waals surface area contributed by atoms with Crippen LogP contribution in [0.5, 0.6) is 0 Å². The number of nitrogens with one attached hydrogen (secondary N) is 1. The van der Waals surface area contributed by atoms with Gasteiger partial charge in [-0.05, 0) is 55.7 Å². The maximum absolute atomic E-state index is 12.3. The lowest BCUT2D eigenvalue weighted by Crippen LogP contribution is -2.34. The van der Waals surface area contributed by atoms with Gasteiger partial charge in [-0.25, -0.2) is 0 Å². The molecule has 2 amide bonds. The number of benzene rings is 1. The van der Waals surface area contributed by atoms with Gasteiger partial charge in [0.2, 0.25) is 5.91 Å². The van der Waals surface area contributed by atoms with E-state index in [1.165, 1.54) is 37.7 Å². The van der Waals surface area contributed by atoms with Gasteiger partial charge in [-0.15, -0.1) is 0 Å². The highest BCUT2D eigenvalue weighted by molar-refractivity contribution is 5.94. The number of carbonyl (C=O) groups excluding carboxylic acids is 2. The first-order valence-electron chi connectivity index (χ1n) is 10.4. The zero-order valence-electron chi connectivity index (χ0n) is 15.8. The van der Waals surface area contributed by atoms with Crippen molar-refractivity contribution in [2.45, 2.75) is 70.1 Å². The van der Waals surface area contributed by atoms with Crippen molar-refractivity contribution in [2.75, 3.05) is 19.6 Å². The molecule has 0 aromatic heterocycles. The van der Waals surface area contributed by atoms with E-state index in [0.29, 0.717) is 18.9 Å². The van der Waals surface area contributed by atoms with Crippen LogP contribution in [0.15, 0.2) is 24.3 Å². The number of hydrogen-bond donors (Lipinski definition) is 1. The van der Waals surface area contributed by atoms with Gasteiger partial charge in [0.1, 0.15) is 0 Å². The molecule has 26 heavy (non-hydrogen) atoms. The van der Waals surface area contributed by atoms with E-state index >= 15 is 0 Å². The summed E-state index contributed by atoms with van der Waals surface area (Å²) in [7, 11) is 0. The SMILES string of the molecule is O=C(NCCCN1CCCCCC1=O)c1ccc(C2CCCCC2)cc1. The van der Waals surface area contributed by atoms with Crippen LogP contribution in [-0.2, 0) is 4.79 Å². The average Bonchev–Trinajstić information content (AvgIpc) is 2.90. The topological polar surface area (TPSA) is 49.4 Å². The lowest BCUT2D eigenvalue weighted by Gasteiger charge is -2.22. The third-order valence-corrected chi connectivity index (χ3v) is 5.81. The molecule has 1 heterocycles. The van der Waals surface area contributed by atoms with Gasteiger partial charge in [0.25, 0.3) is 5.91 Å². The number of nitrogens with zero attached hydrogens (tertiary/aromatic N) is 1. The highest BCUT2D eigenvalue weighted by Gasteiger charge is 2.17. The highest BCUT2D eigenvalue weighted by Crippen LogP contribution is 2.32. The summed E-state index contributed by atoms with van der Waals surface area (Å²) in [6.45, 7) is 2.24. The third kappa shape index (κ3) is 5.33. The van der Waals surface area contributed by atoms with Crippen LogP contribution in [0.1, 0.15) is 86.0 Å². The second-order valence-corrected chi connectivity index (χ2v) is 7.76. The number of hydrogen-bond acceptors (Lipinski definition) is 2. The molecule has 142 valence electrons. The maximum atomic E-state index is 12.3. The lowest BCUT2D eigenvalue weighted by atomic mass is 9.84. The quantitative estimate of drug-likeness (QED) is 0.774. The molecule has 4 nitrogen and oxygen atoms in total. The molecule has 1 aliphatic heterocycles. The van der Waals surface area contributed by atoms with E-state index in [2.05, 4.69) is 17.4 Å². The molecular weight excluding hydrogens is 324 g/mol. The van der Waals surface area contributed by atoms with Gasteiger partial charge in [0, 0.05) is 31.6 Å². The number of rotatable bonds is 6. The third-order valence-electron chi connectivity index (χ3n) is 5.81. The van der Waals surface area contributed by atoms with E-state index < -0.39 is 0 Å². The van der Waals surface area contributed by atoms with Gasteiger partial charge in [-0.1, -0.05) is 37.8 Å². The Bertz CT molecular complexity index is 591. The summed E-state index contributed by atoms with van der Waals surface area (Å²) in [5, 5.41) is 2.99. The molecule has 1 N–H and O–H groups in total.